The number of likely N-dealkylation sites (tertiary alicyclic amines) is 1. The molecule has 0 radical (unpaired) electrons. The van der Waals surface area contributed by atoms with Crippen LogP contribution in [0.5, 0.6) is 0 Å². The number of ether oxygens (including phenoxy) is 1. The zero-order valence-electron chi connectivity index (χ0n) is 12.2. The molecule has 0 aromatic carbocycles. The van der Waals surface area contributed by atoms with Gasteiger partial charge in [0.15, 0.2) is 0 Å². The standard InChI is InChI=1S/C16H30N2O/c17-12-16(14-7-10-19-11-8-14)18-9-3-5-13-4-1-2-6-15(13)18/h13-16H,1-12,17H2. The van der Waals surface area contributed by atoms with Crippen molar-refractivity contribution in [2.75, 3.05) is 26.3 Å². The Labute approximate surface area is 117 Å². The smallest absolute Gasteiger partial charge is 0.0469 e. The average molecular weight is 266 g/mol. The van der Waals surface area contributed by atoms with Gasteiger partial charge < -0.3 is 10.5 Å². The maximum absolute atomic E-state index is 6.17. The molecule has 0 aromatic rings. The van der Waals surface area contributed by atoms with Crippen LogP contribution in [0.25, 0.3) is 0 Å². The van der Waals surface area contributed by atoms with E-state index in [4.69, 9.17) is 10.5 Å². The minimum Gasteiger partial charge on any atom is -0.381 e. The Bertz CT molecular complexity index is 276. The van der Waals surface area contributed by atoms with Crippen molar-refractivity contribution in [2.24, 2.45) is 17.6 Å². The van der Waals surface area contributed by atoms with Crippen LogP contribution < -0.4 is 5.73 Å². The molecule has 2 aliphatic heterocycles. The Morgan fingerprint density at radius 2 is 1.74 bits per heavy atom. The van der Waals surface area contributed by atoms with Gasteiger partial charge in [0, 0.05) is 31.8 Å². The third-order valence-corrected chi connectivity index (χ3v) is 5.76. The quantitative estimate of drug-likeness (QED) is 0.852. The lowest BCUT2D eigenvalue weighted by Crippen LogP contribution is -2.56. The summed E-state index contributed by atoms with van der Waals surface area (Å²) in [5, 5.41) is 0. The van der Waals surface area contributed by atoms with E-state index >= 15 is 0 Å². The van der Waals surface area contributed by atoms with Crippen LogP contribution in [0.3, 0.4) is 0 Å². The number of hydrogen-bond acceptors (Lipinski definition) is 3. The molecule has 3 unspecified atom stereocenters. The third-order valence-electron chi connectivity index (χ3n) is 5.76. The van der Waals surface area contributed by atoms with Gasteiger partial charge in [-0.2, -0.15) is 0 Å². The summed E-state index contributed by atoms with van der Waals surface area (Å²) in [5.41, 5.74) is 6.17. The molecule has 0 amide bonds. The van der Waals surface area contributed by atoms with Crippen LogP contribution in [0.1, 0.15) is 51.4 Å². The van der Waals surface area contributed by atoms with E-state index in [1.54, 1.807) is 0 Å². The van der Waals surface area contributed by atoms with Crippen molar-refractivity contribution in [2.45, 2.75) is 63.5 Å². The normalized spacial score (nSPS) is 35.8. The molecule has 19 heavy (non-hydrogen) atoms. The molecule has 0 spiro atoms. The van der Waals surface area contributed by atoms with E-state index in [1.165, 1.54) is 57.9 Å². The van der Waals surface area contributed by atoms with Gasteiger partial charge in [0.1, 0.15) is 0 Å². The summed E-state index contributed by atoms with van der Waals surface area (Å²) in [6.07, 6.45) is 11.1. The Morgan fingerprint density at radius 3 is 2.53 bits per heavy atom. The number of nitrogens with two attached hydrogens (primary N) is 1. The Kier molecular flexibility index (Phi) is 4.78. The number of nitrogens with zero attached hydrogens (tertiary/aromatic N) is 1. The highest BCUT2D eigenvalue weighted by Crippen LogP contribution is 2.38. The highest BCUT2D eigenvalue weighted by atomic mass is 16.5. The first kappa shape index (κ1) is 13.8. The first-order valence-electron chi connectivity index (χ1n) is 8.43. The number of piperidine rings is 1. The van der Waals surface area contributed by atoms with E-state index in [2.05, 4.69) is 4.90 Å². The zero-order chi connectivity index (χ0) is 13.1. The number of hydrogen-bond donors (Lipinski definition) is 1. The predicted molar refractivity (Wildman–Crippen MR) is 78.1 cm³/mol. The summed E-state index contributed by atoms with van der Waals surface area (Å²) in [6.45, 7) is 4.03. The second-order valence-electron chi connectivity index (χ2n) is 6.74. The van der Waals surface area contributed by atoms with E-state index in [-0.39, 0.29) is 0 Å². The van der Waals surface area contributed by atoms with Gasteiger partial charge in [0.05, 0.1) is 0 Å². The first-order valence-corrected chi connectivity index (χ1v) is 8.43. The van der Waals surface area contributed by atoms with Crippen LogP contribution in [-0.2, 0) is 4.74 Å². The number of fused-ring (bicyclic) bond motifs is 1. The molecule has 3 rings (SSSR count). The summed E-state index contributed by atoms with van der Waals surface area (Å²) in [6, 6.07) is 1.47. The van der Waals surface area contributed by atoms with Crippen molar-refractivity contribution in [3.8, 4) is 0 Å². The molecule has 2 N–H and O–H groups in total. The molecule has 110 valence electrons. The Balaban J connectivity index is 1.69. The molecule has 3 aliphatic rings. The lowest BCUT2D eigenvalue weighted by molar-refractivity contribution is -0.0227. The van der Waals surface area contributed by atoms with Gasteiger partial charge in [0.2, 0.25) is 0 Å². The van der Waals surface area contributed by atoms with Crippen molar-refractivity contribution < 1.29 is 4.74 Å². The molecule has 2 saturated heterocycles. The largest absolute Gasteiger partial charge is 0.381 e. The van der Waals surface area contributed by atoms with Crippen LogP contribution in [-0.4, -0.2) is 43.3 Å². The molecule has 1 saturated carbocycles. The fourth-order valence-electron chi connectivity index (χ4n) is 4.77. The van der Waals surface area contributed by atoms with Gasteiger partial charge >= 0.3 is 0 Å². The molecular formula is C16H30N2O. The van der Waals surface area contributed by atoms with Crippen LogP contribution in [0.15, 0.2) is 0 Å². The minimum atomic E-state index is 0.620. The molecule has 0 bridgehead atoms. The third kappa shape index (κ3) is 2.98. The van der Waals surface area contributed by atoms with Crippen molar-refractivity contribution in [1.29, 1.82) is 0 Å². The maximum Gasteiger partial charge on any atom is 0.0469 e. The van der Waals surface area contributed by atoms with Crippen molar-refractivity contribution in [3.05, 3.63) is 0 Å². The van der Waals surface area contributed by atoms with Gasteiger partial charge in [-0.3, -0.25) is 4.90 Å². The summed E-state index contributed by atoms with van der Waals surface area (Å²) in [4.78, 5) is 2.82. The van der Waals surface area contributed by atoms with Crippen molar-refractivity contribution >= 4 is 0 Å². The topological polar surface area (TPSA) is 38.5 Å². The van der Waals surface area contributed by atoms with Crippen LogP contribution in [0.4, 0.5) is 0 Å². The molecule has 3 heteroatoms. The van der Waals surface area contributed by atoms with E-state index in [0.717, 1.165) is 37.6 Å². The van der Waals surface area contributed by atoms with Crippen molar-refractivity contribution in [3.63, 3.8) is 0 Å². The second-order valence-corrected chi connectivity index (χ2v) is 6.74. The SMILES string of the molecule is NCC(C1CCOCC1)N1CCCC2CCCCC21. The molecule has 3 atom stereocenters. The minimum absolute atomic E-state index is 0.620. The lowest BCUT2D eigenvalue weighted by Gasteiger charge is -2.50. The van der Waals surface area contributed by atoms with Gasteiger partial charge in [-0.1, -0.05) is 12.8 Å². The Hall–Kier alpha value is -0.120. The molecule has 3 nitrogen and oxygen atoms in total. The van der Waals surface area contributed by atoms with Gasteiger partial charge in [-0.15, -0.1) is 0 Å². The molecule has 1 aliphatic carbocycles. The average Bonchev–Trinajstić information content (AvgIpc) is 2.49. The van der Waals surface area contributed by atoms with E-state index in [1.807, 2.05) is 0 Å². The number of rotatable bonds is 3. The summed E-state index contributed by atoms with van der Waals surface area (Å²) in [7, 11) is 0. The van der Waals surface area contributed by atoms with Gasteiger partial charge in [-0.05, 0) is 56.9 Å². The van der Waals surface area contributed by atoms with Crippen molar-refractivity contribution in [1.82, 2.24) is 4.90 Å². The molecular weight excluding hydrogens is 236 g/mol. The van der Waals surface area contributed by atoms with E-state index < -0.39 is 0 Å². The Morgan fingerprint density at radius 1 is 1.00 bits per heavy atom. The van der Waals surface area contributed by atoms with E-state index in [0.29, 0.717) is 6.04 Å². The fraction of sp³-hybridized carbons (Fsp3) is 1.00. The highest BCUT2D eigenvalue weighted by molar-refractivity contribution is 4.93. The first-order chi connectivity index (χ1) is 9.40. The van der Waals surface area contributed by atoms with Gasteiger partial charge in [-0.25, -0.2) is 0 Å². The monoisotopic (exact) mass is 266 g/mol. The lowest BCUT2D eigenvalue weighted by atomic mass is 9.76. The van der Waals surface area contributed by atoms with E-state index in [9.17, 15) is 0 Å². The fourth-order valence-corrected chi connectivity index (χ4v) is 4.77. The maximum atomic E-state index is 6.17. The summed E-state index contributed by atoms with van der Waals surface area (Å²) < 4.78 is 5.53. The van der Waals surface area contributed by atoms with Crippen LogP contribution >= 0.6 is 0 Å². The van der Waals surface area contributed by atoms with Crippen LogP contribution in [0.2, 0.25) is 0 Å². The highest BCUT2D eigenvalue weighted by Gasteiger charge is 2.38. The zero-order valence-corrected chi connectivity index (χ0v) is 12.2. The van der Waals surface area contributed by atoms with Crippen LogP contribution in [0, 0.1) is 11.8 Å². The predicted octanol–water partition coefficient (Wildman–Crippen LogP) is 2.39. The second kappa shape index (κ2) is 6.55. The van der Waals surface area contributed by atoms with Gasteiger partial charge in [0.25, 0.3) is 0 Å². The molecule has 0 aromatic heterocycles. The summed E-state index contributed by atoms with van der Waals surface area (Å²) >= 11 is 0. The summed E-state index contributed by atoms with van der Waals surface area (Å²) in [5.74, 6) is 1.75. The molecule has 3 fully saturated rings. The molecule has 2 heterocycles.